The lowest BCUT2D eigenvalue weighted by atomic mass is 9.84. The highest BCUT2D eigenvalue weighted by molar-refractivity contribution is 6.29. The van der Waals surface area contributed by atoms with Crippen LogP contribution in [0.2, 0.25) is 0 Å². The van der Waals surface area contributed by atoms with Crippen LogP contribution < -0.4 is 0 Å². The van der Waals surface area contributed by atoms with Crippen LogP contribution in [-0.2, 0) is 0 Å². The monoisotopic (exact) mass is 762 g/mol. The van der Waals surface area contributed by atoms with E-state index in [-0.39, 0.29) is 0 Å². The van der Waals surface area contributed by atoms with Gasteiger partial charge in [0.2, 0.25) is 0 Å². The molecule has 60 heavy (non-hydrogen) atoms. The minimum Gasteiger partial charge on any atom is -0.455 e. The van der Waals surface area contributed by atoms with Gasteiger partial charge in [-0.3, -0.25) is 0 Å². The molecule has 0 aliphatic carbocycles. The Kier molecular flexibility index (Phi) is 7.05. The standard InChI is InChI=1S/C58H34O2/c1-3-18-38(19-4-1)51-55-42-23-11-8-16-36(42)29-31-49(55)59-57(51)53-44-25-13-14-26-45(44)54(48-34-46-40(33-47(48)53)28-27-35-15-7-10-22-41(35)46)58-52(39-20-5-2-6-21-39)56-43-24-12-9-17-37(43)30-32-50(56)60-58/h1-34H. The molecule has 0 aliphatic heterocycles. The Morgan fingerprint density at radius 1 is 0.233 bits per heavy atom. The molecule has 0 fully saturated rings. The molecule has 0 saturated carbocycles. The maximum atomic E-state index is 7.27. The Morgan fingerprint density at radius 2 is 0.617 bits per heavy atom. The summed E-state index contributed by atoms with van der Waals surface area (Å²) >= 11 is 0. The van der Waals surface area contributed by atoms with E-state index < -0.39 is 0 Å². The van der Waals surface area contributed by atoms with Gasteiger partial charge in [0.05, 0.1) is 0 Å². The molecular weight excluding hydrogens is 729 g/mol. The maximum absolute atomic E-state index is 7.27. The van der Waals surface area contributed by atoms with Crippen LogP contribution in [0.4, 0.5) is 0 Å². The first kappa shape index (κ1) is 33.1. The van der Waals surface area contributed by atoms with Crippen molar-refractivity contribution in [2.75, 3.05) is 0 Å². The fraction of sp³-hybridized carbons (Fsp3) is 0. The van der Waals surface area contributed by atoms with E-state index >= 15 is 0 Å². The Balaban J connectivity index is 1.26. The molecule has 0 atom stereocenters. The Hall–Kier alpha value is -7.94. The molecule has 2 aromatic heterocycles. The number of fused-ring (bicyclic) bond motifs is 11. The third-order valence-corrected chi connectivity index (χ3v) is 12.6. The van der Waals surface area contributed by atoms with Gasteiger partial charge in [-0.05, 0) is 100 Å². The van der Waals surface area contributed by atoms with Crippen LogP contribution in [0.3, 0.4) is 0 Å². The molecule has 0 spiro atoms. The molecular formula is C58H34O2. The molecule has 0 saturated heterocycles. The minimum atomic E-state index is 0.860. The fourth-order valence-corrected chi connectivity index (χ4v) is 10.0. The number of hydrogen-bond acceptors (Lipinski definition) is 2. The van der Waals surface area contributed by atoms with E-state index in [1.807, 2.05) is 0 Å². The van der Waals surface area contributed by atoms with Crippen molar-refractivity contribution >= 4 is 86.6 Å². The van der Waals surface area contributed by atoms with Gasteiger partial charge in [-0.2, -0.15) is 0 Å². The maximum Gasteiger partial charge on any atom is 0.144 e. The van der Waals surface area contributed by atoms with Crippen LogP contribution in [0, 0.1) is 0 Å². The summed E-state index contributed by atoms with van der Waals surface area (Å²) in [6.07, 6.45) is 0. The van der Waals surface area contributed by atoms with Crippen molar-refractivity contribution in [3.63, 3.8) is 0 Å². The van der Waals surface area contributed by atoms with Crippen LogP contribution in [0.1, 0.15) is 0 Å². The van der Waals surface area contributed by atoms with Crippen LogP contribution in [0.5, 0.6) is 0 Å². The van der Waals surface area contributed by atoms with Crippen LogP contribution in [0.25, 0.3) is 131 Å². The predicted octanol–water partition coefficient (Wildman–Crippen LogP) is 16.8. The lowest BCUT2D eigenvalue weighted by Crippen LogP contribution is -1.93. The van der Waals surface area contributed by atoms with Gasteiger partial charge in [0, 0.05) is 33.0 Å². The molecule has 0 N–H and O–H groups in total. The zero-order valence-corrected chi connectivity index (χ0v) is 32.4. The van der Waals surface area contributed by atoms with Gasteiger partial charge >= 0.3 is 0 Å². The van der Waals surface area contributed by atoms with Gasteiger partial charge in [-0.15, -0.1) is 0 Å². The van der Waals surface area contributed by atoms with Crippen molar-refractivity contribution in [2.45, 2.75) is 0 Å². The quantitative estimate of drug-likeness (QED) is 0.132. The summed E-state index contributed by atoms with van der Waals surface area (Å²) < 4.78 is 14.5. The summed E-state index contributed by atoms with van der Waals surface area (Å²) in [6.45, 7) is 0. The second kappa shape index (κ2) is 12.8. The first-order valence-corrected chi connectivity index (χ1v) is 20.6. The van der Waals surface area contributed by atoms with Crippen LogP contribution in [0.15, 0.2) is 215 Å². The van der Waals surface area contributed by atoms with E-state index in [4.69, 9.17) is 8.83 Å². The molecule has 0 unspecified atom stereocenters. The largest absolute Gasteiger partial charge is 0.455 e. The highest BCUT2D eigenvalue weighted by Crippen LogP contribution is 2.54. The molecule has 2 heterocycles. The van der Waals surface area contributed by atoms with Crippen molar-refractivity contribution in [2.24, 2.45) is 0 Å². The highest BCUT2D eigenvalue weighted by Gasteiger charge is 2.29. The van der Waals surface area contributed by atoms with E-state index in [9.17, 15) is 0 Å². The molecule has 0 aliphatic rings. The topological polar surface area (TPSA) is 26.3 Å². The number of benzene rings is 11. The van der Waals surface area contributed by atoms with E-state index in [1.54, 1.807) is 0 Å². The molecule has 0 amide bonds. The number of rotatable bonds is 4. The van der Waals surface area contributed by atoms with Gasteiger partial charge in [0.1, 0.15) is 22.7 Å². The van der Waals surface area contributed by atoms with Crippen LogP contribution in [-0.4, -0.2) is 0 Å². The lowest BCUT2D eigenvalue weighted by molar-refractivity contribution is 0.633. The summed E-state index contributed by atoms with van der Waals surface area (Å²) in [7, 11) is 0. The Labute approximate surface area is 345 Å². The van der Waals surface area contributed by atoms with Gasteiger partial charge in [0.25, 0.3) is 0 Å². The molecule has 0 bridgehead atoms. The number of furan rings is 2. The smallest absolute Gasteiger partial charge is 0.144 e. The predicted molar refractivity (Wildman–Crippen MR) is 253 cm³/mol. The molecule has 13 aromatic rings. The highest BCUT2D eigenvalue weighted by atomic mass is 16.3. The second-order valence-electron chi connectivity index (χ2n) is 15.9. The van der Waals surface area contributed by atoms with Crippen molar-refractivity contribution in [3.05, 3.63) is 206 Å². The molecule has 2 heteroatoms. The fourth-order valence-electron chi connectivity index (χ4n) is 10.0. The van der Waals surface area contributed by atoms with Crippen molar-refractivity contribution < 1.29 is 8.83 Å². The van der Waals surface area contributed by atoms with E-state index in [0.717, 1.165) is 88.4 Å². The minimum absolute atomic E-state index is 0.860. The first-order chi connectivity index (χ1) is 29.8. The van der Waals surface area contributed by atoms with E-state index in [0.29, 0.717) is 0 Å². The second-order valence-corrected chi connectivity index (χ2v) is 15.9. The number of hydrogen-bond donors (Lipinski definition) is 0. The van der Waals surface area contributed by atoms with Gasteiger partial charge in [0.15, 0.2) is 0 Å². The Morgan fingerprint density at radius 3 is 1.13 bits per heavy atom. The average Bonchev–Trinajstić information content (AvgIpc) is 3.90. The van der Waals surface area contributed by atoms with Gasteiger partial charge in [-0.1, -0.05) is 182 Å². The van der Waals surface area contributed by atoms with Gasteiger partial charge in [-0.25, -0.2) is 0 Å². The van der Waals surface area contributed by atoms with Crippen LogP contribution >= 0.6 is 0 Å². The van der Waals surface area contributed by atoms with Crippen molar-refractivity contribution in [3.8, 4) is 44.9 Å². The third kappa shape index (κ3) is 4.76. The Bertz CT molecular complexity index is 3870. The van der Waals surface area contributed by atoms with Gasteiger partial charge < -0.3 is 8.83 Å². The molecule has 13 rings (SSSR count). The summed E-state index contributed by atoms with van der Waals surface area (Å²) in [5, 5.41) is 16.2. The molecule has 2 nitrogen and oxygen atoms in total. The summed E-state index contributed by atoms with van der Waals surface area (Å²) in [5.74, 6) is 1.72. The molecule has 0 radical (unpaired) electrons. The normalized spacial score (nSPS) is 12.0. The molecule has 11 aromatic carbocycles. The van der Waals surface area contributed by atoms with E-state index in [2.05, 4.69) is 206 Å². The third-order valence-electron chi connectivity index (χ3n) is 12.6. The zero-order valence-electron chi connectivity index (χ0n) is 32.4. The zero-order chi connectivity index (χ0) is 39.3. The summed E-state index contributed by atoms with van der Waals surface area (Å²) in [6, 6.07) is 74.3. The molecule has 278 valence electrons. The SMILES string of the molecule is c1ccc(-c2c(-c3c4ccccc4c(-c4oc5ccc6ccccc6c5c4-c4ccccc4)c4cc5c(ccc6ccccc65)cc34)oc3ccc4ccccc4c23)cc1. The van der Waals surface area contributed by atoms with Crippen molar-refractivity contribution in [1.29, 1.82) is 0 Å². The lowest BCUT2D eigenvalue weighted by Gasteiger charge is -2.18. The summed E-state index contributed by atoms with van der Waals surface area (Å²) in [4.78, 5) is 0. The van der Waals surface area contributed by atoms with E-state index in [1.165, 1.54) is 43.1 Å². The van der Waals surface area contributed by atoms with Crippen molar-refractivity contribution in [1.82, 2.24) is 0 Å². The average molecular weight is 763 g/mol. The summed E-state index contributed by atoms with van der Waals surface area (Å²) in [5.41, 5.74) is 8.30. The first-order valence-electron chi connectivity index (χ1n) is 20.6.